The summed E-state index contributed by atoms with van der Waals surface area (Å²) in [5.74, 6) is 0.581. The van der Waals surface area contributed by atoms with E-state index in [4.69, 9.17) is 9.47 Å². The van der Waals surface area contributed by atoms with E-state index in [1.807, 2.05) is 18.2 Å². The lowest BCUT2D eigenvalue weighted by molar-refractivity contribution is -0.136. The molecule has 4 rings (SSSR count). The van der Waals surface area contributed by atoms with Crippen LogP contribution >= 0.6 is 0 Å². The largest absolute Gasteiger partial charge is 0.504 e. The highest BCUT2D eigenvalue weighted by Gasteiger charge is 2.30. The third-order valence-corrected chi connectivity index (χ3v) is 4.70. The molecule has 1 fully saturated rings. The number of phenols is 1. The zero-order valence-electron chi connectivity index (χ0n) is 13.9. The summed E-state index contributed by atoms with van der Waals surface area (Å²) in [5.41, 5.74) is 2.57. The lowest BCUT2D eigenvalue weighted by atomic mass is 10.0. The number of ether oxygens (including phenoxy) is 2. The minimum Gasteiger partial charge on any atom is -0.504 e. The molecule has 1 aromatic heterocycles. The molecule has 2 aromatic rings. The molecule has 25 heavy (non-hydrogen) atoms. The number of hydrogen-bond donors (Lipinski definition) is 1. The molecule has 1 amide bonds. The van der Waals surface area contributed by atoms with Gasteiger partial charge in [0.15, 0.2) is 11.5 Å². The van der Waals surface area contributed by atoms with E-state index in [1.54, 1.807) is 23.4 Å². The highest BCUT2D eigenvalue weighted by molar-refractivity contribution is 5.79. The van der Waals surface area contributed by atoms with Crippen molar-refractivity contribution in [3.63, 3.8) is 0 Å². The Morgan fingerprint density at radius 2 is 2.20 bits per heavy atom. The van der Waals surface area contributed by atoms with Crippen LogP contribution in [0.4, 0.5) is 0 Å². The number of fused-ring (bicyclic) bond motifs is 1. The number of carbonyl (C=O) groups is 1. The number of nitrogens with zero attached hydrogens (tertiary/aromatic N) is 2. The van der Waals surface area contributed by atoms with Crippen molar-refractivity contribution in [3.05, 3.63) is 42.2 Å². The Morgan fingerprint density at radius 1 is 1.28 bits per heavy atom. The molecule has 1 atom stereocenters. The van der Waals surface area contributed by atoms with E-state index in [2.05, 4.69) is 4.98 Å². The molecule has 0 spiro atoms. The van der Waals surface area contributed by atoms with Crippen LogP contribution in [-0.4, -0.2) is 47.3 Å². The van der Waals surface area contributed by atoms with Crippen LogP contribution in [0.5, 0.6) is 11.5 Å². The van der Waals surface area contributed by atoms with Crippen LogP contribution in [0, 0.1) is 5.92 Å². The van der Waals surface area contributed by atoms with E-state index in [0.29, 0.717) is 38.7 Å². The average Bonchev–Trinajstić information content (AvgIpc) is 3.08. The third kappa shape index (κ3) is 3.17. The highest BCUT2D eigenvalue weighted by Crippen LogP contribution is 2.37. The van der Waals surface area contributed by atoms with Gasteiger partial charge in [-0.15, -0.1) is 0 Å². The van der Waals surface area contributed by atoms with Crippen LogP contribution < -0.4 is 4.74 Å². The predicted molar refractivity (Wildman–Crippen MR) is 91.2 cm³/mol. The average molecular weight is 340 g/mol. The zero-order chi connectivity index (χ0) is 17.2. The van der Waals surface area contributed by atoms with Crippen molar-refractivity contribution in [1.29, 1.82) is 0 Å². The Morgan fingerprint density at radius 3 is 2.96 bits per heavy atom. The first-order chi connectivity index (χ1) is 12.2. The van der Waals surface area contributed by atoms with Crippen LogP contribution in [0.25, 0.3) is 11.1 Å². The van der Waals surface area contributed by atoms with E-state index >= 15 is 0 Å². The molecule has 6 heteroatoms. The Bertz CT molecular complexity index is 772. The molecule has 0 bridgehead atoms. The topological polar surface area (TPSA) is 71.9 Å². The maximum Gasteiger partial charge on any atom is 0.228 e. The van der Waals surface area contributed by atoms with Crippen molar-refractivity contribution >= 4 is 5.91 Å². The summed E-state index contributed by atoms with van der Waals surface area (Å²) >= 11 is 0. The monoisotopic (exact) mass is 340 g/mol. The van der Waals surface area contributed by atoms with E-state index in [-0.39, 0.29) is 17.6 Å². The third-order valence-electron chi connectivity index (χ3n) is 4.70. The maximum atomic E-state index is 12.7. The minimum absolute atomic E-state index is 0.0725. The number of hydrogen-bond acceptors (Lipinski definition) is 5. The Balaban J connectivity index is 1.65. The van der Waals surface area contributed by atoms with Crippen molar-refractivity contribution < 1.29 is 19.4 Å². The van der Waals surface area contributed by atoms with Gasteiger partial charge in [-0.25, -0.2) is 0 Å². The second-order valence-electron chi connectivity index (χ2n) is 6.39. The van der Waals surface area contributed by atoms with Gasteiger partial charge in [0.25, 0.3) is 0 Å². The van der Waals surface area contributed by atoms with Gasteiger partial charge >= 0.3 is 0 Å². The van der Waals surface area contributed by atoms with Crippen LogP contribution in [0.3, 0.4) is 0 Å². The van der Waals surface area contributed by atoms with Crippen molar-refractivity contribution in [2.75, 3.05) is 26.4 Å². The van der Waals surface area contributed by atoms with Gasteiger partial charge in [-0.1, -0.05) is 6.07 Å². The second kappa shape index (κ2) is 6.72. The summed E-state index contributed by atoms with van der Waals surface area (Å²) in [4.78, 5) is 18.6. The maximum absolute atomic E-state index is 12.7. The van der Waals surface area contributed by atoms with Crippen molar-refractivity contribution in [2.24, 2.45) is 5.92 Å². The molecule has 3 heterocycles. The van der Waals surface area contributed by atoms with Crippen LogP contribution in [0.15, 0.2) is 36.7 Å². The lowest BCUT2D eigenvalue weighted by Crippen LogP contribution is -2.37. The molecule has 0 unspecified atom stereocenters. The summed E-state index contributed by atoms with van der Waals surface area (Å²) in [6, 6.07) is 7.43. The predicted octanol–water partition coefficient (Wildman–Crippen LogP) is 2.21. The van der Waals surface area contributed by atoms with Crippen LogP contribution in [0.2, 0.25) is 0 Å². The van der Waals surface area contributed by atoms with Crippen molar-refractivity contribution in [2.45, 2.75) is 13.0 Å². The molecule has 0 radical (unpaired) electrons. The smallest absolute Gasteiger partial charge is 0.228 e. The molecule has 130 valence electrons. The highest BCUT2D eigenvalue weighted by atomic mass is 16.5. The summed E-state index contributed by atoms with van der Waals surface area (Å²) < 4.78 is 11.1. The molecular weight excluding hydrogens is 320 g/mol. The number of rotatable bonds is 2. The SMILES string of the molecule is O=C([C@H]1CCOC1)N1CCOc2c(O)cc(-c3cccnc3)cc2C1. The van der Waals surface area contributed by atoms with E-state index in [9.17, 15) is 9.90 Å². The standard InChI is InChI=1S/C19H20N2O4/c22-17-9-15(13-2-1-4-20-10-13)8-16-11-21(5-7-25-18(16)17)19(23)14-3-6-24-12-14/h1-2,4,8-10,14,22H,3,5-7,11-12H2/t14-/m0/s1. The van der Waals surface area contributed by atoms with Crippen molar-refractivity contribution in [3.8, 4) is 22.6 Å². The van der Waals surface area contributed by atoms with Crippen LogP contribution in [0.1, 0.15) is 12.0 Å². The zero-order valence-corrected chi connectivity index (χ0v) is 13.9. The molecule has 1 saturated heterocycles. The van der Waals surface area contributed by atoms with Gasteiger partial charge in [0.1, 0.15) is 6.61 Å². The van der Waals surface area contributed by atoms with Crippen LogP contribution in [-0.2, 0) is 16.1 Å². The number of phenolic OH excluding ortho intramolecular Hbond substituents is 1. The minimum atomic E-state index is -0.0725. The summed E-state index contributed by atoms with van der Waals surface area (Å²) in [6.07, 6.45) is 4.22. The van der Waals surface area contributed by atoms with E-state index in [0.717, 1.165) is 23.1 Å². The number of amides is 1. The fourth-order valence-electron chi connectivity index (χ4n) is 3.37. The van der Waals surface area contributed by atoms with Gasteiger partial charge < -0.3 is 19.5 Å². The molecular formula is C19H20N2O4. The normalized spacial score (nSPS) is 19.8. The van der Waals surface area contributed by atoms with Gasteiger partial charge in [0.05, 0.1) is 19.1 Å². The molecule has 0 saturated carbocycles. The van der Waals surface area contributed by atoms with Gasteiger partial charge in [0, 0.05) is 36.7 Å². The number of aromatic nitrogens is 1. The second-order valence-corrected chi connectivity index (χ2v) is 6.39. The molecule has 1 N–H and O–H groups in total. The van der Waals surface area contributed by atoms with Gasteiger partial charge in [-0.05, 0) is 30.2 Å². The van der Waals surface area contributed by atoms with E-state index < -0.39 is 0 Å². The Hall–Kier alpha value is -2.60. The molecule has 1 aromatic carbocycles. The number of carbonyl (C=O) groups excluding carboxylic acids is 1. The quantitative estimate of drug-likeness (QED) is 0.907. The number of pyridine rings is 1. The number of aromatic hydroxyl groups is 1. The Labute approximate surface area is 146 Å². The lowest BCUT2D eigenvalue weighted by Gasteiger charge is -2.23. The molecule has 0 aliphatic carbocycles. The number of benzene rings is 1. The first kappa shape index (κ1) is 15.9. The Kier molecular flexibility index (Phi) is 4.28. The van der Waals surface area contributed by atoms with Gasteiger partial charge in [0.2, 0.25) is 5.91 Å². The van der Waals surface area contributed by atoms with Crippen molar-refractivity contribution in [1.82, 2.24) is 9.88 Å². The summed E-state index contributed by atoms with van der Waals surface area (Å²) in [6.45, 7) is 2.43. The van der Waals surface area contributed by atoms with Gasteiger partial charge in [-0.2, -0.15) is 0 Å². The first-order valence-electron chi connectivity index (χ1n) is 8.48. The molecule has 2 aliphatic rings. The first-order valence-corrected chi connectivity index (χ1v) is 8.48. The molecule has 2 aliphatic heterocycles. The van der Waals surface area contributed by atoms with Gasteiger partial charge in [-0.3, -0.25) is 9.78 Å². The fourth-order valence-corrected chi connectivity index (χ4v) is 3.37. The summed E-state index contributed by atoms with van der Waals surface area (Å²) in [5, 5.41) is 10.4. The molecule has 6 nitrogen and oxygen atoms in total. The summed E-state index contributed by atoms with van der Waals surface area (Å²) in [7, 11) is 0. The fraction of sp³-hybridized carbons (Fsp3) is 0.368. The van der Waals surface area contributed by atoms with E-state index in [1.165, 1.54) is 0 Å².